The minimum atomic E-state index is -3.65. The van der Waals surface area contributed by atoms with Gasteiger partial charge in [-0.3, -0.25) is 9.69 Å². The second-order valence-electron chi connectivity index (χ2n) is 8.09. The summed E-state index contributed by atoms with van der Waals surface area (Å²) in [6.07, 6.45) is 2.43. The van der Waals surface area contributed by atoms with Gasteiger partial charge in [-0.25, -0.2) is 13.2 Å². The molecule has 8 nitrogen and oxygen atoms in total. The Labute approximate surface area is 171 Å². The van der Waals surface area contributed by atoms with E-state index in [-0.39, 0.29) is 23.4 Å². The fraction of sp³-hybridized carbons (Fsp3) is 0.600. The fourth-order valence-corrected chi connectivity index (χ4v) is 6.19. The van der Waals surface area contributed by atoms with Gasteiger partial charge in [-0.2, -0.15) is 4.31 Å². The Kier molecular flexibility index (Phi) is 5.39. The number of hydrogen-bond donors (Lipinski definition) is 1. The molecule has 0 aromatic heterocycles. The SMILES string of the molecule is CCN1CCC2(CC1)NC(=O)N(C1CCCN(S(=O)(=O)c3ccccc3)C1)C2=O. The molecule has 0 aliphatic carbocycles. The molecule has 3 aliphatic heterocycles. The van der Waals surface area contributed by atoms with E-state index in [0.29, 0.717) is 32.2 Å². The minimum absolute atomic E-state index is 0.146. The number of likely N-dealkylation sites (tertiary alicyclic amines) is 1. The van der Waals surface area contributed by atoms with Gasteiger partial charge in [0, 0.05) is 26.2 Å². The van der Waals surface area contributed by atoms with Gasteiger partial charge in [-0.05, 0) is 44.4 Å². The topological polar surface area (TPSA) is 90.0 Å². The van der Waals surface area contributed by atoms with Gasteiger partial charge in [0.25, 0.3) is 5.91 Å². The molecule has 1 aromatic rings. The smallest absolute Gasteiger partial charge is 0.323 e. The predicted octanol–water partition coefficient (Wildman–Crippen LogP) is 1.25. The first-order valence-corrected chi connectivity index (χ1v) is 11.7. The van der Waals surface area contributed by atoms with Crippen molar-refractivity contribution >= 4 is 22.0 Å². The van der Waals surface area contributed by atoms with E-state index < -0.39 is 21.6 Å². The Bertz CT molecular complexity index is 881. The van der Waals surface area contributed by atoms with E-state index in [1.165, 1.54) is 9.21 Å². The molecule has 158 valence electrons. The van der Waals surface area contributed by atoms with Crippen LogP contribution in [-0.4, -0.2) is 78.8 Å². The summed E-state index contributed by atoms with van der Waals surface area (Å²) in [5, 5.41) is 2.94. The molecule has 0 saturated carbocycles. The number of urea groups is 1. The van der Waals surface area contributed by atoms with Gasteiger partial charge in [0.1, 0.15) is 5.54 Å². The average Bonchev–Trinajstić information content (AvgIpc) is 2.98. The van der Waals surface area contributed by atoms with Crippen LogP contribution in [0.2, 0.25) is 0 Å². The van der Waals surface area contributed by atoms with E-state index in [1.54, 1.807) is 30.3 Å². The first-order chi connectivity index (χ1) is 13.9. The van der Waals surface area contributed by atoms with Crippen molar-refractivity contribution in [3.63, 3.8) is 0 Å². The lowest BCUT2D eigenvalue weighted by atomic mass is 9.87. The van der Waals surface area contributed by atoms with Crippen LogP contribution in [0.5, 0.6) is 0 Å². The van der Waals surface area contributed by atoms with E-state index in [1.807, 2.05) is 0 Å². The Morgan fingerprint density at radius 3 is 2.45 bits per heavy atom. The predicted molar refractivity (Wildman–Crippen MR) is 108 cm³/mol. The number of carbonyl (C=O) groups excluding carboxylic acids is 2. The molecule has 29 heavy (non-hydrogen) atoms. The van der Waals surface area contributed by atoms with Gasteiger partial charge >= 0.3 is 6.03 Å². The second kappa shape index (κ2) is 7.70. The van der Waals surface area contributed by atoms with Crippen molar-refractivity contribution in [3.05, 3.63) is 30.3 Å². The molecule has 1 atom stereocenters. The number of rotatable bonds is 4. The van der Waals surface area contributed by atoms with E-state index >= 15 is 0 Å². The molecule has 4 rings (SSSR count). The summed E-state index contributed by atoms with van der Waals surface area (Å²) in [7, 11) is -3.65. The third kappa shape index (κ3) is 3.55. The van der Waals surface area contributed by atoms with Crippen LogP contribution in [0.25, 0.3) is 0 Å². The lowest BCUT2D eigenvalue weighted by Gasteiger charge is -2.38. The molecule has 3 aliphatic rings. The largest absolute Gasteiger partial charge is 0.325 e. The number of piperidine rings is 2. The molecule has 1 N–H and O–H groups in total. The number of carbonyl (C=O) groups is 2. The molecule has 3 fully saturated rings. The summed E-state index contributed by atoms with van der Waals surface area (Å²) < 4.78 is 27.4. The third-order valence-corrected chi connectivity index (χ3v) is 8.33. The number of nitrogens with zero attached hydrogens (tertiary/aromatic N) is 3. The molecule has 1 aromatic carbocycles. The highest BCUT2D eigenvalue weighted by molar-refractivity contribution is 7.89. The first-order valence-electron chi connectivity index (χ1n) is 10.3. The summed E-state index contributed by atoms with van der Waals surface area (Å²) in [6.45, 7) is 5.10. The Hall–Kier alpha value is -1.97. The Balaban J connectivity index is 1.51. The number of hydrogen-bond acceptors (Lipinski definition) is 5. The fourth-order valence-electron chi connectivity index (χ4n) is 4.65. The van der Waals surface area contributed by atoms with Crippen molar-refractivity contribution < 1.29 is 18.0 Å². The van der Waals surface area contributed by atoms with Gasteiger partial charge in [-0.1, -0.05) is 25.1 Å². The van der Waals surface area contributed by atoms with Crippen LogP contribution in [-0.2, 0) is 14.8 Å². The first kappa shape index (κ1) is 20.3. The molecule has 1 spiro atoms. The van der Waals surface area contributed by atoms with Gasteiger partial charge < -0.3 is 10.2 Å². The molecule has 0 radical (unpaired) electrons. The van der Waals surface area contributed by atoms with Crippen molar-refractivity contribution in [1.82, 2.24) is 19.4 Å². The monoisotopic (exact) mass is 420 g/mol. The van der Waals surface area contributed by atoms with Crippen molar-refractivity contribution in [2.75, 3.05) is 32.7 Å². The van der Waals surface area contributed by atoms with Crippen molar-refractivity contribution in [3.8, 4) is 0 Å². The van der Waals surface area contributed by atoms with Gasteiger partial charge in [0.2, 0.25) is 10.0 Å². The molecule has 3 heterocycles. The Morgan fingerprint density at radius 1 is 1.10 bits per heavy atom. The lowest BCUT2D eigenvalue weighted by molar-refractivity contribution is -0.135. The molecule has 9 heteroatoms. The molecular weight excluding hydrogens is 392 g/mol. The zero-order chi connectivity index (χ0) is 20.6. The van der Waals surface area contributed by atoms with E-state index in [0.717, 1.165) is 19.6 Å². The summed E-state index contributed by atoms with van der Waals surface area (Å²) in [6, 6.07) is 7.49. The minimum Gasteiger partial charge on any atom is -0.323 e. The number of amides is 3. The van der Waals surface area contributed by atoms with Gasteiger partial charge in [-0.15, -0.1) is 0 Å². The average molecular weight is 421 g/mol. The number of imide groups is 1. The van der Waals surface area contributed by atoms with Crippen LogP contribution >= 0.6 is 0 Å². The maximum Gasteiger partial charge on any atom is 0.325 e. The molecule has 3 amide bonds. The van der Waals surface area contributed by atoms with E-state index in [4.69, 9.17) is 0 Å². The second-order valence-corrected chi connectivity index (χ2v) is 10.0. The van der Waals surface area contributed by atoms with Crippen LogP contribution in [0.3, 0.4) is 0 Å². The molecular formula is C20H28N4O4S. The summed E-state index contributed by atoms with van der Waals surface area (Å²) >= 11 is 0. The highest BCUT2D eigenvalue weighted by Crippen LogP contribution is 2.33. The van der Waals surface area contributed by atoms with Crippen molar-refractivity contribution in [1.29, 1.82) is 0 Å². The summed E-state index contributed by atoms with van der Waals surface area (Å²) in [5.41, 5.74) is -0.830. The summed E-state index contributed by atoms with van der Waals surface area (Å²) in [4.78, 5) is 29.8. The van der Waals surface area contributed by atoms with Crippen LogP contribution in [0.15, 0.2) is 35.2 Å². The third-order valence-electron chi connectivity index (χ3n) is 6.46. The normalized spacial score (nSPS) is 26.1. The summed E-state index contributed by atoms with van der Waals surface area (Å²) in [5.74, 6) is -0.192. The Morgan fingerprint density at radius 2 is 1.79 bits per heavy atom. The highest BCUT2D eigenvalue weighted by atomic mass is 32.2. The van der Waals surface area contributed by atoms with Crippen LogP contribution in [0.4, 0.5) is 4.79 Å². The zero-order valence-electron chi connectivity index (χ0n) is 16.7. The van der Waals surface area contributed by atoms with E-state index in [9.17, 15) is 18.0 Å². The number of benzene rings is 1. The lowest BCUT2D eigenvalue weighted by Crippen LogP contribution is -2.56. The van der Waals surface area contributed by atoms with Crippen molar-refractivity contribution in [2.24, 2.45) is 0 Å². The standard InChI is InChI=1S/C20H28N4O4S/c1-2-22-13-10-20(11-14-22)18(25)24(19(26)21-20)16-7-6-12-23(15-16)29(27,28)17-8-4-3-5-9-17/h3-5,8-9,16H,2,6-7,10-15H2,1H3,(H,21,26). The number of sulfonamides is 1. The molecule has 3 saturated heterocycles. The van der Waals surface area contributed by atoms with Gasteiger partial charge in [0.05, 0.1) is 10.9 Å². The van der Waals surface area contributed by atoms with Crippen molar-refractivity contribution in [2.45, 2.75) is 49.1 Å². The van der Waals surface area contributed by atoms with Gasteiger partial charge in [0.15, 0.2) is 0 Å². The number of nitrogens with one attached hydrogen (secondary N) is 1. The van der Waals surface area contributed by atoms with E-state index in [2.05, 4.69) is 17.1 Å². The zero-order valence-corrected chi connectivity index (χ0v) is 17.5. The van der Waals surface area contributed by atoms with Crippen LogP contribution in [0, 0.1) is 0 Å². The maximum atomic E-state index is 13.3. The molecule has 0 bridgehead atoms. The van der Waals surface area contributed by atoms with Crippen LogP contribution < -0.4 is 5.32 Å². The van der Waals surface area contributed by atoms with Crippen LogP contribution in [0.1, 0.15) is 32.6 Å². The maximum absolute atomic E-state index is 13.3. The highest BCUT2D eigenvalue weighted by Gasteiger charge is 2.54. The molecule has 1 unspecified atom stereocenters. The quantitative estimate of drug-likeness (QED) is 0.741.